The van der Waals surface area contributed by atoms with Gasteiger partial charge in [0.1, 0.15) is 10.6 Å². The van der Waals surface area contributed by atoms with Crippen molar-refractivity contribution < 1.29 is 22.7 Å². The number of hydrogen-bond donors (Lipinski definition) is 2. The topological polar surface area (TPSA) is 102 Å². The molecular formula is C26H30N2O5S2. The van der Waals surface area contributed by atoms with Gasteiger partial charge in [0, 0.05) is 23.1 Å². The molecule has 0 saturated carbocycles. The van der Waals surface area contributed by atoms with E-state index >= 15 is 0 Å². The van der Waals surface area contributed by atoms with Gasteiger partial charge in [0.2, 0.25) is 5.91 Å². The first kappa shape index (κ1) is 26.4. The van der Waals surface area contributed by atoms with Crippen LogP contribution >= 0.6 is 11.3 Å². The van der Waals surface area contributed by atoms with E-state index in [1.54, 1.807) is 6.92 Å². The first-order valence-electron chi connectivity index (χ1n) is 11.2. The maximum Gasteiger partial charge on any atom is 0.341 e. The van der Waals surface area contributed by atoms with Crippen molar-refractivity contribution >= 4 is 43.9 Å². The lowest BCUT2D eigenvalue weighted by Gasteiger charge is -2.19. The second-order valence-corrected chi connectivity index (χ2v) is 12.0. The van der Waals surface area contributed by atoms with E-state index < -0.39 is 16.0 Å². The molecule has 1 heterocycles. The fraction of sp³-hybridized carbons (Fsp3) is 0.308. The van der Waals surface area contributed by atoms with Crippen molar-refractivity contribution in [1.29, 1.82) is 0 Å². The van der Waals surface area contributed by atoms with E-state index in [2.05, 4.69) is 30.8 Å². The Kier molecular flexibility index (Phi) is 7.71. The average Bonchev–Trinajstić information content (AvgIpc) is 3.08. The number of thiophene rings is 1. The molecule has 0 aliphatic heterocycles. The Morgan fingerprint density at radius 3 is 2.11 bits per heavy atom. The van der Waals surface area contributed by atoms with Gasteiger partial charge in [-0.25, -0.2) is 13.2 Å². The average molecular weight is 515 g/mol. The number of nitrogens with one attached hydrogen (secondary N) is 2. The highest BCUT2D eigenvalue weighted by Crippen LogP contribution is 2.41. The predicted molar refractivity (Wildman–Crippen MR) is 141 cm³/mol. The Morgan fingerprint density at radius 1 is 1.00 bits per heavy atom. The number of ether oxygens (including phenoxy) is 1. The number of anilines is 2. The molecule has 0 aliphatic carbocycles. The van der Waals surface area contributed by atoms with Gasteiger partial charge in [-0.3, -0.25) is 9.52 Å². The molecule has 3 aromatic rings. The van der Waals surface area contributed by atoms with Gasteiger partial charge >= 0.3 is 5.97 Å². The lowest BCUT2D eigenvalue weighted by molar-refractivity contribution is -0.114. The molecule has 0 atom stereocenters. The smallest absolute Gasteiger partial charge is 0.341 e. The van der Waals surface area contributed by atoms with Gasteiger partial charge in [-0.1, -0.05) is 45.0 Å². The van der Waals surface area contributed by atoms with E-state index in [-0.39, 0.29) is 33.4 Å². The summed E-state index contributed by atoms with van der Waals surface area (Å²) in [6, 6.07) is 13.7. The van der Waals surface area contributed by atoms with E-state index in [1.807, 2.05) is 31.2 Å². The zero-order valence-electron chi connectivity index (χ0n) is 20.7. The van der Waals surface area contributed by atoms with E-state index in [0.717, 1.165) is 16.0 Å². The Morgan fingerprint density at radius 2 is 1.60 bits per heavy atom. The van der Waals surface area contributed by atoms with E-state index in [0.29, 0.717) is 11.3 Å². The van der Waals surface area contributed by atoms with Crippen LogP contribution in [0.1, 0.15) is 55.4 Å². The Labute approximate surface area is 210 Å². The van der Waals surface area contributed by atoms with Crippen molar-refractivity contribution in [2.45, 2.75) is 51.9 Å². The Bertz CT molecular complexity index is 1330. The molecule has 7 nitrogen and oxygen atoms in total. The van der Waals surface area contributed by atoms with Gasteiger partial charge in [-0.2, -0.15) is 0 Å². The van der Waals surface area contributed by atoms with Crippen molar-refractivity contribution in [2.75, 3.05) is 16.6 Å². The zero-order chi connectivity index (χ0) is 26.0. The van der Waals surface area contributed by atoms with Crippen LogP contribution in [0.25, 0.3) is 11.1 Å². The van der Waals surface area contributed by atoms with Crippen LogP contribution in [0.5, 0.6) is 0 Å². The third-order valence-electron chi connectivity index (χ3n) is 5.32. The number of sulfonamides is 1. The minimum Gasteiger partial charge on any atom is -0.462 e. The molecule has 186 valence electrons. The number of carbonyl (C=O) groups is 2. The summed E-state index contributed by atoms with van der Waals surface area (Å²) in [5.41, 5.74) is 3.25. The molecule has 0 unspecified atom stereocenters. The van der Waals surface area contributed by atoms with Crippen LogP contribution in [0.4, 0.5) is 10.7 Å². The molecule has 0 bridgehead atoms. The molecule has 1 amide bonds. The predicted octanol–water partition coefficient (Wildman–Crippen LogP) is 5.96. The number of benzene rings is 2. The molecule has 0 radical (unpaired) electrons. The fourth-order valence-corrected chi connectivity index (χ4v) is 5.97. The standard InChI is InChI=1S/C26H30N2O5S2/c1-7-33-25(30)23-22(18-8-10-19(11-9-18)26(4,5)6)16(2)34-24(23)28-35(31,32)21-14-12-20(13-15-21)27-17(3)29/h8-15,28H,7H2,1-6H3,(H,27,29). The molecule has 9 heteroatoms. The number of aryl methyl sites for hydroxylation is 1. The largest absolute Gasteiger partial charge is 0.462 e. The van der Waals surface area contributed by atoms with Crippen LogP contribution in [0.2, 0.25) is 0 Å². The van der Waals surface area contributed by atoms with Gasteiger partial charge < -0.3 is 10.1 Å². The monoisotopic (exact) mass is 514 g/mol. The molecule has 1 aromatic heterocycles. The summed E-state index contributed by atoms with van der Waals surface area (Å²) >= 11 is 1.18. The van der Waals surface area contributed by atoms with Gasteiger partial charge in [0.25, 0.3) is 10.0 Å². The third-order valence-corrected chi connectivity index (χ3v) is 7.83. The third kappa shape index (κ3) is 6.10. The second kappa shape index (κ2) is 10.2. The Balaban J connectivity index is 2.04. The van der Waals surface area contributed by atoms with E-state index in [1.165, 1.54) is 42.5 Å². The van der Waals surface area contributed by atoms with Crippen molar-refractivity contribution in [3.05, 3.63) is 64.5 Å². The number of rotatable bonds is 7. The summed E-state index contributed by atoms with van der Waals surface area (Å²) < 4.78 is 34.1. The van der Waals surface area contributed by atoms with Crippen molar-refractivity contribution in [2.24, 2.45) is 0 Å². The minimum atomic E-state index is -4.00. The van der Waals surface area contributed by atoms with Crippen LogP contribution in [-0.2, 0) is 25.0 Å². The second-order valence-electron chi connectivity index (χ2n) is 9.10. The molecule has 0 fully saturated rings. The molecule has 2 N–H and O–H groups in total. The zero-order valence-corrected chi connectivity index (χ0v) is 22.3. The van der Waals surface area contributed by atoms with Crippen LogP contribution in [0.15, 0.2) is 53.4 Å². The summed E-state index contributed by atoms with van der Waals surface area (Å²) in [5.74, 6) is -0.847. The number of esters is 1. The molecule has 2 aromatic carbocycles. The SMILES string of the molecule is CCOC(=O)c1c(NS(=O)(=O)c2ccc(NC(C)=O)cc2)sc(C)c1-c1ccc(C(C)(C)C)cc1. The first-order chi connectivity index (χ1) is 16.3. The summed E-state index contributed by atoms with van der Waals surface area (Å²) in [6.07, 6.45) is 0. The van der Waals surface area contributed by atoms with Crippen LogP contribution in [0.3, 0.4) is 0 Å². The van der Waals surface area contributed by atoms with Crippen molar-refractivity contribution in [1.82, 2.24) is 0 Å². The highest BCUT2D eigenvalue weighted by molar-refractivity contribution is 7.93. The fourth-order valence-electron chi connectivity index (χ4n) is 3.60. The van der Waals surface area contributed by atoms with Crippen molar-refractivity contribution in [3.8, 4) is 11.1 Å². The first-order valence-corrected chi connectivity index (χ1v) is 13.5. The molecule has 3 rings (SSSR count). The quantitative estimate of drug-likeness (QED) is 0.379. The highest BCUT2D eigenvalue weighted by Gasteiger charge is 2.28. The number of carbonyl (C=O) groups excluding carboxylic acids is 2. The van der Waals surface area contributed by atoms with Gasteiger partial charge in [0.15, 0.2) is 0 Å². The summed E-state index contributed by atoms with van der Waals surface area (Å²) in [4.78, 5) is 25.0. The summed E-state index contributed by atoms with van der Waals surface area (Å²) in [7, 11) is -4.00. The molecule has 35 heavy (non-hydrogen) atoms. The summed E-state index contributed by atoms with van der Waals surface area (Å²) in [6.45, 7) is 11.5. The lowest BCUT2D eigenvalue weighted by Crippen LogP contribution is -2.15. The van der Waals surface area contributed by atoms with Gasteiger partial charge in [-0.05, 0) is 54.7 Å². The summed E-state index contributed by atoms with van der Waals surface area (Å²) in [5, 5.41) is 2.80. The molecule has 0 aliphatic rings. The molecule has 0 saturated heterocycles. The normalized spacial score (nSPS) is 11.7. The van der Waals surface area contributed by atoms with Crippen molar-refractivity contribution in [3.63, 3.8) is 0 Å². The minimum absolute atomic E-state index is 0.00328. The number of hydrogen-bond acceptors (Lipinski definition) is 6. The van der Waals surface area contributed by atoms with Crippen LogP contribution in [0, 0.1) is 6.92 Å². The van der Waals surface area contributed by atoms with Crippen LogP contribution in [-0.4, -0.2) is 26.9 Å². The van der Waals surface area contributed by atoms with E-state index in [9.17, 15) is 18.0 Å². The number of amides is 1. The van der Waals surface area contributed by atoms with Crippen LogP contribution < -0.4 is 10.0 Å². The highest BCUT2D eigenvalue weighted by atomic mass is 32.2. The lowest BCUT2D eigenvalue weighted by atomic mass is 9.86. The molecular weight excluding hydrogens is 484 g/mol. The maximum absolute atomic E-state index is 13.1. The van der Waals surface area contributed by atoms with Gasteiger partial charge in [0.05, 0.1) is 11.5 Å². The van der Waals surface area contributed by atoms with E-state index in [4.69, 9.17) is 4.74 Å². The Hall–Kier alpha value is -3.17. The maximum atomic E-state index is 13.1. The molecule has 0 spiro atoms. The van der Waals surface area contributed by atoms with Gasteiger partial charge in [-0.15, -0.1) is 11.3 Å².